The number of nitrogens with zero attached hydrogens (tertiary/aromatic N) is 1. The van der Waals surface area contributed by atoms with E-state index in [1.165, 1.54) is 5.56 Å². The van der Waals surface area contributed by atoms with Crippen LogP contribution >= 0.6 is 11.6 Å². The minimum atomic E-state index is 0.0960. The van der Waals surface area contributed by atoms with Crippen LogP contribution in [0.5, 0.6) is 0 Å². The zero-order valence-electron chi connectivity index (χ0n) is 13.5. The molecule has 2 rings (SSSR count). The fourth-order valence-electron chi connectivity index (χ4n) is 3.36. The molecule has 0 aliphatic carbocycles. The van der Waals surface area contributed by atoms with E-state index in [9.17, 15) is 4.79 Å². The number of halogens is 1. The lowest BCUT2D eigenvalue weighted by Crippen LogP contribution is -2.47. The van der Waals surface area contributed by atoms with Gasteiger partial charge in [0.25, 0.3) is 0 Å². The fourth-order valence-corrected chi connectivity index (χ4v) is 3.49. The van der Waals surface area contributed by atoms with Gasteiger partial charge in [-0.15, -0.1) is 0 Å². The maximum Gasteiger partial charge on any atom is 0.222 e. The summed E-state index contributed by atoms with van der Waals surface area (Å²) < 4.78 is 0. The van der Waals surface area contributed by atoms with Gasteiger partial charge in [-0.3, -0.25) is 4.79 Å². The molecule has 0 N–H and O–H groups in total. The molecule has 1 atom stereocenters. The van der Waals surface area contributed by atoms with Gasteiger partial charge in [-0.2, -0.15) is 0 Å². The molecule has 1 aromatic rings. The SMILES string of the molecule is CC(C)CC(=O)N1CCC(c2ccc(Cl)cc2)C(C)(C)C1. The van der Waals surface area contributed by atoms with Crippen LogP contribution in [0.3, 0.4) is 0 Å². The van der Waals surface area contributed by atoms with Crippen molar-refractivity contribution in [2.75, 3.05) is 13.1 Å². The van der Waals surface area contributed by atoms with Crippen LogP contribution in [0.2, 0.25) is 5.02 Å². The highest BCUT2D eigenvalue weighted by atomic mass is 35.5. The van der Waals surface area contributed by atoms with E-state index in [1.807, 2.05) is 17.0 Å². The van der Waals surface area contributed by atoms with E-state index in [0.29, 0.717) is 24.2 Å². The van der Waals surface area contributed by atoms with Crippen molar-refractivity contribution in [3.8, 4) is 0 Å². The standard InChI is InChI=1S/C18H26ClNO/c1-13(2)11-17(21)20-10-9-16(18(3,4)12-20)14-5-7-15(19)8-6-14/h5-8,13,16H,9-12H2,1-4H3. The first kappa shape index (κ1) is 16.4. The molecule has 1 aromatic carbocycles. The van der Waals surface area contributed by atoms with Crippen LogP contribution < -0.4 is 0 Å². The molecular weight excluding hydrogens is 282 g/mol. The molecule has 0 saturated carbocycles. The number of rotatable bonds is 3. The highest BCUT2D eigenvalue weighted by Crippen LogP contribution is 2.42. The first-order valence-corrected chi connectivity index (χ1v) is 8.20. The number of amides is 1. The highest BCUT2D eigenvalue weighted by Gasteiger charge is 2.38. The Kier molecular flexibility index (Phi) is 4.98. The van der Waals surface area contributed by atoms with Gasteiger partial charge >= 0.3 is 0 Å². The maximum atomic E-state index is 12.3. The van der Waals surface area contributed by atoms with Crippen molar-refractivity contribution in [1.29, 1.82) is 0 Å². The number of hydrogen-bond donors (Lipinski definition) is 0. The Morgan fingerprint density at radius 3 is 2.48 bits per heavy atom. The number of piperidine rings is 1. The zero-order valence-corrected chi connectivity index (χ0v) is 14.3. The second kappa shape index (κ2) is 6.39. The van der Waals surface area contributed by atoms with Gasteiger partial charge in [0.2, 0.25) is 5.91 Å². The molecule has 1 heterocycles. The third-order valence-electron chi connectivity index (χ3n) is 4.44. The van der Waals surface area contributed by atoms with Crippen molar-refractivity contribution < 1.29 is 4.79 Å². The van der Waals surface area contributed by atoms with E-state index in [1.54, 1.807) is 0 Å². The average Bonchev–Trinajstić information content (AvgIpc) is 2.38. The van der Waals surface area contributed by atoms with Gasteiger partial charge < -0.3 is 4.90 Å². The monoisotopic (exact) mass is 307 g/mol. The Hall–Kier alpha value is -1.02. The van der Waals surface area contributed by atoms with Crippen LogP contribution in [0.4, 0.5) is 0 Å². The first-order chi connectivity index (χ1) is 9.79. The lowest BCUT2D eigenvalue weighted by atomic mass is 9.70. The van der Waals surface area contributed by atoms with Gasteiger partial charge in [0.15, 0.2) is 0 Å². The van der Waals surface area contributed by atoms with E-state index >= 15 is 0 Å². The topological polar surface area (TPSA) is 20.3 Å². The summed E-state index contributed by atoms with van der Waals surface area (Å²) in [5.74, 6) is 1.21. The summed E-state index contributed by atoms with van der Waals surface area (Å²) in [6.07, 6.45) is 1.68. The Labute approximate surface area is 133 Å². The van der Waals surface area contributed by atoms with E-state index in [4.69, 9.17) is 11.6 Å². The highest BCUT2D eigenvalue weighted by molar-refractivity contribution is 6.30. The normalized spacial score (nSPS) is 21.6. The van der Waals surface area contributed by atoms with Crippen LogP contribution in [0.15, 0.2) is 24.3 Å². The fraction of sp³-hybridized carbons (Fsp3) is 0.611. The number of carbonyl (C=O) groups excluding carboxylic acids is 1. The van der Waals surface area contributed by atoms with Gasteiger partial charge in [-0.25, -0.2) is 0 Å². The number of carbonyl (C=O) groups is 1. The largest absolute Gasteiger partial charge is 0.342 e. The average molecular weight is 308 g/mol. The minimum Gasteiger partial charge on any atom is -0.342 e. The smallest absolute Gasteiger partial charge is 0.222 e. The van der Waals surface area contributed by atoms with Crippen molar-refractivity contribution in [3.05, 3.63) is 34.9 Å². The second-order valence-corrected chi connectivity index (χ2v) is 7.73. The third kappa shape index (κ3) is 4.00. The molecule has 116 valence electrons. The molecule has 21 heavy (non-hydrogen) atoms. The Bertz CT molecular complexity index is 492. The van der Waals surface area contributed by atoms with Gasteiger partial charge in [0.05, 0.1) is 0 Å². The predicted octanol–water partition coefficient (Wildman–Crippen LogP) is 4.73. The lowest BCUT2D eigenvalue weighted by molar-refractivity contribution is -0.135. The molecule has 1 unspecified atom stereocenters. The Morgan fingerprint density at radius 1 is 1.33 bits per heavy atom. The van der Waals surface area contributed by atoms with Crippen molar-refractivity contribution in [3.63, 3.8) is 0 Å². The van der Waals surface area contributed by atoms with Gasteiger partial charge in [0, 0.05) is 24.5 Å². The third-order valence-corrected chi connectivity index (χ3v) is 4.69. The van der Waals surface area contributed by atoms with E-state index in [2.05, 4.69) is 39.8 Å². The summed E-state index contributed by atoms with van der Waals surface area (Å²) in [6.45, 7) is 10.4. The van der Waals surface area contributed by atoms with Crippen LogP contribution in [0, 0.1) is 11.3 Å². The molecule has 1 aliphatic heterocycles. The van der Waals surface area contributed by atoms with Crippen molar-refractivity contribution in [2.24, 2.45) is 11.3 Å². The van der Waals surface area contributed by atoms with E-state index < -0.39 is 0 Å². The summed E-state index contributed by atoms with van der Waals surface area (Å²) in [5.41, 5.74) is 1.43. The molecule has 1 fully saturated rings. The molecule has 3 heteroatoms. The lowest BCUT2D eigenvalue weighted by Gasteiger charge is -2.45. The molecule has 0 aromatic heterocycles. The summed E-state index contributed by atoms with van der Waals surface area (Å²) >= 11 is 5.98. The van der Waals surface area contributed by atoms with Crippen molar-refractivity contribution >= 4 is 17.5 Å². The molecular formula is C18H26ClNO. The minimum absolute atomic E-state index is 0.0960. The van der Waals surface area contributed by atoms with Crippen molar-refractivity contribution in [1.82, 2.24) is 4.90 Å². The van der Waals surface area contributed by atoms with Crippen molar-refractivity contribution in [2.45, 2.75) is 46.5 Å². The summed E-state index contributed by atoms with van der Waals surface area (Å²) in [4.78, 5) is 14.3. The quantitative estimate of drug-likeness (QED) is 0.790. The Morgan fingerprint density at radius 2 is 1.95 bits per heavy atom. The Balaban J connectivity index is 2.09. The summed E-state index contributed by atoms with van der Waals surface area (Å²) in [7, 11) is 0. The summed E-state index contributed by atoms with van der Waals surface area (Å²) in [5, 5.41) is 0.779. The molecule has 0 bridgehead atoms. The number of hydrogen-bond acceptors (Lipinski definition) is 1. The first-order valence-electron chi connectivity index (χ1n) is 7.83. The van der Waals surface area contributed by atoms with Crippen LogP contribution in [0.25, 0.3) is 0 Å². The molecule has 2 nitrogen and oxygen atoms in total. The van der Waals surface area contributed by atoms with E-state index in [0.717, 1.165) is 24.5 Å². The van der Waals surface area contributed by atoms with Crippen LogP contribution in [-0.4, -0.2) is 23.9 Å². The predicted molar refractivity (Wildman–Crippen MR) is 88.6 cm³/mol. The molecule has 0 radical (unpaired) electrons. The zero-order chi connectivity index (χ0) is 15.6. The van der Waals surface area contributed by atoms with Gasteiger partial charge in [0.1, 0.15) is 0 Å². The molecule has 1 amide bonds. The molecule has 1 saturated heterocycles. The van der Waals surface area contributed by atoms with E-state index in [-0.39, 0.29) is 5.41 Å². The summed E-state index contributed by atoms with van der Waals surface area (Å²) in [6, 6.07) is 8.17. The number of benzene rings is 1. The van der Waals surface area contributed by atoms with Gasteiger partial charge in [-0.1, -0.05) is 51.4 Å². The van der Waals surface area contributed by atoms with Crippen LogP contribution in [0.1, 0.15) is 52.0 Å². The van der Waals surface area contributed by atoms with Gasteiger partial charge in [-0.05, 0) is 41.4 Å². The van der Waals surface area contributed by atoms with Crippen LogP contribution in [-0.2, 0) is 4.79 Å². The maximum absolute atomic E-state index is 12.3. The number of likely N-dealkylation sites (tertiary alicyclic amines) is 1. The molecule has 0 spiro atoms. The molecule has 1 aliphatic rings. The second-order valence-electron chi connectivity index (χ2n) is 7.29.